The van der Waals surface area contributed by atoms with Gasteiger partial charge >= 0.3 is 5.97 Å². The van der Waals surface area contributed by atoms with Gasteiger partial charge in [-0.15, -0.1) is 0 Å². The molecule has 0 aliphatic carbocycles. The number of allylic oxidation sites excluding steroid dienone is 1. The maximum absolute atomic E-state index is 11.5. The first-order valence-electron chi connectivity index (χ1n) is 5.96. The normalized spacial score (nSPS) is 10.9. The molecule has 3 nitrogen and oxygen atoms in total. The van der Waals surface area contributed by atoms with E-state index in [-0.39, 0.29) is 0 Å². The fourth-order valence-corrected chi connectivity index (χ4v) is 1.54. The number of carbonyl (C=O) groups excluding carboxylic acids is 1. The van der Waals surface area contributed by atoms with Crippen LogP contribution in [0.1, 0.15) is 32.8 Å². The average Bonchev–Trinajstić information content (AvgIpc) is 2.37. The molecule has 0 radical (unpaired) electrons. The molecule has 0 atom stereocenters. The van der Waals surface area contributed by atoms with E-state index in [4.69, 9.17) is 4.74 Å². The van der Waals surface area contributed by atoms with Crippen LogP contribution in [0.15, 0.2) is 30.8 Å². The van der Waals surface area contributed by atoms with Gasteiger partial charge in [-0.2, -0.15) is 0 Å². The molecule has 0 N–H and O–H groups in total. The van der Waals surface area contributed by atoms with Gasteiger partial charge in [0.2, 0.25) is 0 Å². The Morgan fingerprint density at radius 2 is 1.83 bits per heavy atom. The second kappa shape index (κ2) is 5.71. The number of carbonyl (C=O) groups is 1. The summed E-state index contributed by atoms with van der Waals surface area (Å²) in [5, 5.41) is 0. The zero-order chi connectivity index (χ0) is 13.8. The van der Waals surface area contributed by atoms with Crippen LogP contribution in [0.5, 0.6) is 5.75 Å². The fraction of sp³-hybridized carbons (Fsp3) is 0.400. The van der Waals surface area contributed by atoms with Crippen LogP contribution in [-0.4, -0.2) is 18.7 Å². The predicted octanol–water partition coefficient (Wildman–Crippen LogP) is 3.44. The van der Waals surface area contributed by atoms with Gasteiger partial charge < -0.3 is 9.47 Å². The average molecular weight is 248 g/mol. The quantitative estimate of drug-likeness (QED) is 0.749. The fourth-order valence-electron chi connectivity index (χ4n) is 1.54. The van der Waals surface area contributed by atoms with Crippen LogP contribution >= 0.6 is 0 Å². The van der Waals surface area contributed by atoms with Crippen molar-refractivity contribution in [3.05, 3.63) is 36.4 Å². The van der Waals surface area contributed by atoms with Gasteiger partial charge in [-0.3, -0.25) is 0 Å². The molecule has 0 saturated heterocycles. The SMILES string of the molecule is C=C(CC)c1ccc(OC(C)(C)C(=O)OC)cc1. The molecule has 1 rings (SSSR count). The van der Waals surface area contributed by atoms with Gasteiger partial charge in [-0.25, -0.2) is 4.79 Å². The van der Waals surface area contributed by atoms with Crippen molar-refractivity contribution in [2.24, 2.45) is 0 Å². The molecule has 0 amide bonds. The van der Waals surface area contributed by atoms with Crippen molar-refractivity contribution < 1.29 is 14.3 Å². The molecular weight excluding hydrogens is 228 g/mol. The second-order valence-corrected chi connectivity index (χ2v) is 4.59. The van der Waals surface area contributed by atoms with E-state index in [1.807, 2.05) is 24.3 Å². The largest absolute Gasteiger partial charge is 0.476 e. The summed E-state index contributed by atoms with van der Waals surface area (Å²) in [5.74, 6) is 0.239. The van der Waals surface area contributed by atoms with Crippen LogP contribution in [-0.2, 0) is 9.53 Å². The predicted molar refractivity (Wildman–Crippen MR) is 72.5 cm³/mol. The smallest absolute Gasteiger partial charge is 0.349 e. The first-order chi connectivity index (χ1) is 8.40. The standard InChI is InChI=1S/C15H20O3/c1-6-11(2)12-7-9-13(10-8-12)18-15(3,4)14(16)17-5/h7-10H,2,6H2,1,3-5H3. The molecule has 0 aliphatic rings. The maximum atomic E-state index is 11.5. The van der Waals surface area contributed by atoms with E-state index in [1.165, 1.54) is 7.11 Å². The van der Waals surface area contributed by atoms with Crippen molar-refractivity contribution in [3.63, 3.8) is 0 Å². The zero-order valence-corrected chi connectivity index (χ0v) is 11.4. The molecule has 18 heavy (non-hydrogen) atoms. The Bertz CT molecular complexity index is 430. The third-order valence-electron chi connectivity index (χ3n) is 2.74. The Kier molecular flexibility index (Phi) is 4.54. The van der Waals surface area contributed by atoms with Crippen LogP contribution < -0.4 is 4.74 Å². The summed E-state index contributed by atoms with van der Waals surface area (Å²) in [5.41, 5.74) is 1.17. The highest BCUT2D eigenvalue weighted by atomic mass is 16.6. The van der Waals surface area contributed by atoms with Crippen LogP contribution in [0.4, 0.5) is 0 Å². The van der Waals surface area contributed by atoms with Crippen molar-refractivity contribution in [2.45, 2.75) is 32.8 Å². The second-order valence-electron chi connectivity index (χ2n) is 4.59. The number of rotatable bonds is 5. The molecule has 0 unspecified atom stereocenters. The van der Waals surface area contributed by atoms with Gasteiger partial charge in [0.15, 0.2) is 5.60 Å². The third kappa shape index (κ3) is 3.36. The number of ether oxygens (including phenoxy) is 2. The highest BCUT2D eigenvalue weighted by molar-refractivity contribution is 5.78. The van der Waals surface area contributed by atoms with E-state index in [0.29, 0.717) is 5.75 Å². The first-order valence-corrected chi connectivity index (χ1v) is 5.96. The lowest BCUT2D eigenvalue weighted by Crippen LogP contribution is -2.39. The highest BCUT2D eigenvalue weighted by Crippen LogP contribution is 2.23. The molecule has 0 heterocycles. The van der Waals surface area contributed by atoms with Gasteiger partial charge in [-0.05, 0) is 43.5 Å². The summed E-state index contributed by atoms with van der Waals surface area (Å²) in [6.07, 6.45) is 0.911. The molecule has 1 aromatic carbocycles. The van der Waals surface area contributed by atoms with Gasteiger partial charge in [0.1, 0.15) is 5.75 Å². The van der Waals surface area contributed by atoms with Crippen LogP contribution in [0.25, 0.3) is 5.57 Å². The van der Waals surface area contributed by atoms with Gasteiger partial charge in [0.25, 0.3) is 0 Å². The van der Waals surface area contributed by atoms with Crippen molar-refractivity contribution in [3.8, 4) is 5.75 Å². The van der Waals surface area contributed by atoms with Crippen LogP contribution in [0, 0.1) is 0 Å². The van der Waals surface area contributed by atoms with Crippen molar-refractivity contribution in [1.29, 1.82) is 0 Å². The van der Waals surface area contributed by atoms with Crippen LogP contribution in [0.3, 0.4) is 0 Å². The van der Waals surface area contributed by atoms with Crippen molar-refractivity contribution in [2.75, 3.05) is 7.11 Å². The van der Waals surface area contributed by atoms with E-state index >= 15 is 0 Å². The van der Waals surface area contributed by atoms with E-state index in [1.54, 1.807) is 13.8 Å². The molecule has 1 aromatic rings. The molecule has 0 fully saturated rings. The number of esters is 1. The van der Waals surface area contributed by atoms with E-state index in [2.05, 4.69) is 18.2 Å². The Labute approximate surface area is 108 Å². The topological polar surface area (TPSA) is 35.5 Å². The molecule has 0 aromatic heterocycles. The molecular formula is C15H20O3. The lowest BCUT2D eigenvalue weighted by atomic mass is 10.1. The number of hydrogen-bond acceptors (Lipinski definition) is 3. The van der Waals surface area contributed by atoms with Gasteiger partial charge in [-0.1, -0.05) is 25.6 Å². The lowest BCUT2D eigenvalue weighted by Gasteiger charge is -2.23. The van der Waals surface area contributed by atoms with Gasteiger partial charge in [0.05, 0.1) is 7.11 Å². The molecule has 98 valence electrons. The molecule has 0 spiro atoms. The van der Waals surface area contributed by atoms with Gasteiger partial charge in [0, 0.05) is 0 Å². The van der Waals surface area contributed by atoms with Crippen molar-refractivity contribution in [1.82, 2.24) is 0 Å². The minimum atomic E-state index is -0.988. The number of hydrogen-bond donors (Lipinski definition) is 0. The molecule has 3 heteroatoms. The number of methoxy groups -OCH3 is 1. The first kappa shape index (κ1) is 14.3. The minimum Gasteiger partial charge on any atom is -0.476 e. The van der Waals surface area contributed by atoms with Crippen molar-refractivity contribution >= 4 is 11.5 Å². The Balaban J connectivity index is 2.81. The monoisotopic (exact) mass is 248 g/mol. The van der Waals surface area contributed by atoms with E-state index in [0.717, 1.165) is 17.6 Å². The summed E-state index contributed by atoms with van der Waals surface area (Å²) < 4.78 is 10.3. The summed E-state index contributed by atoms with van der Waals surface area (Å²) in [6, 6.07) is 7.55. The summed E-state index contributed by atoms with van der Waals surface area (Å²) in [7, 11) is 1.35. The molecule has 0 aliphatic heterocycles. The molecule has 0 bridgehead atoms. The molecule has 0 saturated carbocycles. The van der Waals surface area contributed by atoms with Crippen LogP contribution in [0.2, 0.25) is 0 Å². The Morgan fingerprint density at radius 3 is 2.28 bits per heavy atom. The number of benzene rings is 1. The lowest BCUT2D eigenvalue weighted by molar-refractivity contribution is -0.156. The maximum Gasteiger partial charge on any atom is 0.349 e. The van der Waals surface area contributed by atoms with E-state index in [9.17, 15) is 4.79 Å². The third-order valence-corrected chi connectivity index (χ3v) is 2.74. The summed E-state index contributed by atoms with van der Waals surface area (Å²) in [4.78, 5) is 11.5. The van der Waals surface area contributed by atoms with E-state index < -0.39 is 11.6 Å². The minimum absolute atomic E-state index is 0.399. The summed E-state index contributed by atoms with van der Waals surface area (Å²) in [6.45, 7) is 9.39. The summed E-state index contributed by atoms with van der Waals surface area (Å²) >= 11 is 0. The Hall–Kier alpha value is -1.77. The zero-order valence-electron chi connectivity index (χ0n) is 11.4. The Morgan fingerprint density at radius 1 is 1.28 bits per heavy atom. The highest BCUT2D eigenvalue weighted by Gasteiger charge is 2.30.